The van der Waals surface area contributed by atoms with E-state index in [-0.39, 0.29) is 12.5 Å². The number of benzene rings is 2. The number of fused-ring (bicyclic) bond motifs is 1. The number of nitrogens with zero attached hydrogens (tertiary/aromatic N) is 3. The van der Waals surface area contributed by atoms with E-state index in [9.17, 15) is 15.2 Å². The molecule has 0 bridgehead atoms. The van der Waals surface area contributed by atoms with Crippen molar-refractivity contribution in [2.75, 3.05) is 13.2 Å². The molecule has 8 heteroatoms. The first-order valence-electron chi connectivity index (χ1n) is 10.0. The fraction of sp³-hybridized carbons (Fsp3) is 0.167. The summed E-state index contributed by atoms with van der Waals surface area (Å²) in [7, 11) is 0. The number of nitrogens with one attached hydrogen (secondary N) is 1. The molecule has 1 saturated heterocycles. The van der Waals surface area contributed by atoms with Crippen molar-refractivity contribution >= 4 is 39.8 Å². The molecule has 0 radical (unpaired) electrons. The van der Waals surface area contributed by atoms with Gasteiger partial charge >= 0.3 is 0 Å². The van der Waals surface area contributed by atoms with Crippen molar-refractivity contribution in [3.63, 3.8) is 0 Å². The number of nitriles is 1. The second kappa shape index (κ2) is 9.64. The molecule has 32 heavy (non-hydrogen) atoms. The number of pyridine rings is 1. The maximum absolute atomic E-state index is 12.4. The van der Waals surface area contributed by atoms with E-state index in [2.05, 4.69) is 21.4 Å². The van der Waals surface area contributed by atoms with Crippen LogP contribution >= 0.6 is 11.8 Å². The maximum atomic E-state index is 12.4. The molecule has 1 atom stereocenters. The Kier molecular flexibility index (Phi) is 6.50. The maximum Gasteiger partial charge on any atom is 0.264 e. The summed E-state index contributed by atoms with van der Waals surface area (Å²) >= 11 is 1.22. The standard InChI is InChI=1S/C24H20N4O3S/c1-2-31-22-17(12-25)13-26-19-9-8-15(10-18(19)22)11-21-23(30)28-24(32-21)27-14-20(29)16-6-4-3-5-7-16/h3-11,13,20,29H,2,14H2,1H3,(H,27,28,30). The first-order chi connectivity index (χ1) is 15.6. The van der Waals surface area contributed by atoms with Crippen LogP contribution < -0.4 is 10.1 Å². The van der Waals surface area contributed by atoms with Crippen molar-refractivity contribution in [1.82, 2.24) is 10.3 Å². The van der Waals surface area contributed by atoms with Crippen LogP contribution in [0.4, 0.5) is 0 Å². The van der Waals surface area contributed by atoms with Gasteiger partial charge in [-0.15, -0.1) is 0 Å². The molecule has 2 heterocycles. The van der Waals surface area contributed by atoms with Gasteiger partial charge in [-0.3, -0.25) is 14.8 Å². The summed E-state index contributed by atoms with van der Waals surface area (Å²) < 4.78 is 5.68. The summed E-state index contributed by atoms with van der Waals surface area (Å²) in [6.45, 7) is 2.43. The number of ether oxygens (including phenoxy) is 1. The van der Waals surface area contributed by atoms with E-state index in [0.29, 0.717) is 38.9 Å². The lowest BCUT2D eigenvalue weighted by molar-refractivity contribution is -0.115. The summed E-state index contributed by atoms with van der Waals surface area (Å²) in [6.07, 6.45) is 2.51. The average Bonchev–Trinajstić information content (AvgIpc) is 3.17. The number of thioether (sulfide) groups is 1. The minimum atomic E-state index is -0.742. The van der Waals surface area contributed by atoms with E-state index in [1.165, 1.54) is 18.0 Å². The second-order valence-corrected chi connectivity index (χ2v) is 7.99. The van der Waals surface area contributed by atoms with Gasteiger partial charge in [0.1, 0.15) is 17.4 Å². The van der Waals surface area contributed by atoms with Crippen LogP contribution in [-0.2, 0) is 4.79 Å². The number of amidine groups is 1. The number of aliphatic hydroxyl groups is 1. The number of carbonyl (C=O) groups excluding carboxylic acids is 1. The summed E-state index contributed by atoms with van der Waals surface area (Å²) in [6, 6.07) is 16.9. The van der Waals surface area contributed by atoms with Crippen molar-refractivity contribution in [3.05, 3.63) is 76.3 Å². The van der Waals surface area contributed by atoms with Gasteiger partial charge in [-0.1, -0.05) is 36.4 Å². The predicted molar refractivity (Wildman–Crippen MR) is 125 cm³/mol. The fourth-order valence-corrected chi connectivity index (χ4v) is 4.09. The van der Waals surface area contributed by atoms with Crippen LogP contribution in [0.3, 0.4) is 0 Å². The van der Waals surface area contributed by atoms with E-state index < -0.39 is 6.10 Å². The van der Waals surface area contributed by atoms with Crippen LogP contribution in [0.2, 0.25) is 0 Å². The van der Waals surface area contributed by atoms with Crippen LogP contribution in [0.25, 0.3) is 17.0 Å². The lowest BCUT2D eigenvalue weighted by Gasteiger charge is -2.09. The molecule has 4 rings (SSSR count). The zero-order valence-electron chi connectivity index (χ0n) is 17.3. The summed E-state index contributed by atoms with van der Waals surface area (Å²) in [5.41, 5.74) is 2.62. The highest BCUT2D eigenvalue weighted by molar-refractivity contribution is 8.18. The molecule has 1 unspecified atom stereocenters. The lowest BCUT2D eigenvalue weighted by Crippen LogP contribution is -2.20. The normalized spacial score (nSPS) is 16.8. The monoisotopic (exact) mass is 444 g/mol. The largest absolute Gasteiger partial charge is 0.492 e. The van der Waals surface area contributed by atoms with Crippen LogP contribution in [0.5, 0.6) is 5.75 Å². The fourth-order valence-electron chi connectivity index (χ4n) is 3.26. The van der Waals surface area contributed by atoms with Gasteiger partial charge in [-0.05, 0) is 48.0 Å². The highest BCUT2D eigenvalue weighted by Crippen LogP contribution is 2.31. The molecule has 0 spiro atoms. The van der Waals surface area contributed by atoms with Gasteiger partial charge in [-0.2, -0.15) is 5.26 Å². The Hall–Kier alpha value is -3.67. The van der Waals surface area contributed by atoms with Gasteiger partial charge in [0.2, 0.25) is 0 Å². The zero-order valence-corrected chi connectivity index (χ0v) is 18.1. The number of amides is 1. The van der Waals surface area contributed by atoms with Crippen molar-refractivity contribution in [2.45, 2.75) is 13.0 Å². The number of carbonyl (C=O) groups is 1. The number of rotatable bonds is 6. The summed E-state index contributed by atoms with van der Waals surface area (Å²) in [5.74, 6) is 0.234. The van der Waals surface area contributed by atoms with E-state index >= 15 is 0 Å². The Balaban J connectivity index is 1.56. The average molecular weight is 445 g/mol. The Bertz CT molecular complexity index is 1270. The lowest BCUT2D eigenvalue weighted by atomic mass is 10.1. The quantitative estimate of drug-likeness (QED) is 0.560. The van der Waals surface area contributed by atoms with Gasteiger partial charge in [0.25, 0.3) is 5.91 Å². The first kappa shape index (κ1) is 21.6. The number of aliphatic imine (C=N–C) groups is 1. The topological polar surface area (TPSA) is 108 Å². The number of aliphatic hydroxyl groups excluding tert-OH is 1. The van der Waals surface area contributed by atoms with E-state index in [0.717, 1.165) is 11.1 Å². The molecule has 1 aliphatic heterocycles. The van der Waals surface area contributed by atoms with E-state index in [1.807, 2.05) is 55.5 Å². The number of hydrogen-bond donors (Lipinski definition) is 2. The Morgan fingerprint density at radius 2 is 2.12 bits per heavy atom. The van der Waals surface area contributed by atoms with Gasteiger partial charge in [-0.25, -0.2) is 0 Å². The molecule has 1 fully saturated rings. The third kappa shape index (κ3) is 4.64. The van der Waals surface area contributed by atoms with Crippen LogP contribution in [-0.4, -0.2) is 34.3 Å². The predicted octanol–water partition coefficient (Wildman–Crippen LogP) is 3.80. The molecule has 2 aromatic carbocycles. The van der Waals surface area contributed by atoms with Gasteiger partial charge in [0, 0.05) is 11.6 Å². The number of aromatic nitrogens is 1. The molecule has 7 nitrogen and oxygen atoms in total. The Morgan fingerprint density at radius 1 is 1.31 bits per heavy atom. The molecule has 160 valence electrons. The SMILES string of the molecule is CCOc1c(C#N)cnc2ccc(C=C3SC(=NCC(O)c4ccccc4)NC3=O)cc12. The Labute approximate surface area is 189 Å². The molecule has 3 aromatic rings. The summed E-state index contributed by atoms with van der Waals surface area (Å²) in [4.78, 5) is 21.6. The van der Waals surface area contributed by atoms with Crippen molar-refractivity contribution in [1.29, 1.82) is 5.26 Å². The second-order valence-electron chi connectivity index (χ2n) is 6.96. The molecule has 1 aliphatic rings. The van der Waals surface area contributed by atoms with Gasteiger partial charge in [0.15, 0.2) is 5.17 Å². The number of hydrogen-bond acceptors (Lipinski definition) is 7. The zero-order chi connectivity index (χ0) is 22.5. The third-order valence-corrected chi connectivity index (χ3v) is 5.74. The van der Waals surface area contributed by atoms with Crippen molar-refractivity contribution in [2.24, 2.45) is 4.99 Å². The van der Waals surface area contributed by atoms with Crippen LogP contribution in [0.1, 0.15) is 29.7 Å². The Morgan fingerprint density at radius 3 is 2.88 bits per heavy atom. The minimum Gasteiger partial charge on any atom is -0.492 e. The molecular formula is C24H20N4O3S. The van der Waals surface area contributed by atoms with E-state index in [4.69, 9.17) is 4.74 Å². The summed E-state index contributed by atoms with van der Waals surface area (Å²) in [5, 5.41) is 23.5. The highest BCUT2D eigenvalue weighted by atomic mass is 32.2. The molecule has 0 saturated carbocycles. The minimum absolute atomic E-state index is 0.149. The molecular weight excluding hydrogens is 424 g/mol. The molecule has 2 N–H and O–H groups in total. The van der Waals surface area contributed by atoms with Crippen LogP contribution in [0.15, 0.2) is 64.6 Å². The smallest absolute Gasteiger partial charge is 0.264 e. The molecule has 1 amide bonds. The molecule has 1 aromatic heterocycles. The van der Waals surface area contributed by atoms with Crippen molar-refractivity contribution < 1.29 is 14.6 Å². The van der Waals surface area contributed by atoms with Crippen molar-refractivity contribution in [3.8, 4) is 11.8 Å². The highest BCUT2D eigenvalue weighted by Gasteiger charge is 2.24. The first-order valence-corrected chi connectivity index (χ1v) is 10.8. The van der Waals surface area contributed by atoms with Gasteiger partial charge < -0.3 is 15.2 Å². The van der Waals surface area contributed by atoms with Crippen LogP contribution in [0, 0.1) is 11.3 Å². The third-order valence-electron chi connectivity index (χ3n) is 4.79. The molecule has 0 aliphatic carbocycles. The van der Waals surface area contributed by atoms with Gasteiger partial charge in [0.05, 0.1) is 29.7 Å². The van der Waals surface area contributed by atoms with E-state index in [1.54, 1.807) is 6.08 Å².